The zero-order valence-corrected chi connectivity index (χ0v) is 28.3. The van der Waals surface area contributed by atoms with Crippen LogP contribution in [-0.4, -0.2) is 53.3 Å². The lowest BCUT2D eigenvalue weighted by Crippen LogP contribution is -2.43. The van der Waals surface area contributed by atoms with Crippen LogP contribution in [0.2, 0.25) is 0 Å². The van der Waals surface area contributed by atoms with Crippen LogP contribution in [0.15, 0.2) is 84.9 Å². The van der Waals surface area contributed by atoms with Crippen molar-refractivity contribution in [1.29, 1.82) is 0 Å². The van der Waals surface area contributed by atoms with Crippen LogP contribution in [0.4, 0.5) is 9.59 Å². The van der Waals surface area contributed by atoms with Crippen LogP contribution in [0.25, 0.3) is 0 Å². The van der Waals surface area contributed by atoms with Crippen molar-refractivity contribution in [3.8, 4) is 5.75 Å². The third-order valence-electron chi connectivity index (χ3n) is 6.65. The molecule has 0 saturated heterocycles. The first-order chi connectivity index (χ1) is 21.8. The Kier molecular flexibility index (Phi) is 14.1. The van der Waals surface area contributed by atoms with Crippen LogP contribution < -0.4 is 10.1 Å². The van der Waals surface area contributed by atoms with E-state index in [4.69, 9.17) is 18.5 Å². The van der Waals surface area contributed by atoms with E-state index in [9.17, 15) is 19.3 Å². The number of amides is 2. The molecule has 0 spiro atoms. The highest BCUT2D eigenvalue weighted by Crippen LogP contribution is 2.49. The topological polar surface area (TPSA) is 124 Å². The van der Waals surface area contributed by atoms with Crippen molar-refractivity contribution >= 4 is 19.8 Å². The highest BCUT2D eigenvalue weighted by atomic mass is 31.2. The Labute approximate surface area is 272 Å². The molecule has 0 heterocycles. The second-order valence-electron chi connectivity index (χ2n) is 12.5. The molecule has 10 nitrogen and oxygen atoms in total. The Morgan fingerprint density at radius 2 is 1.39 bits per heavy atom. The summed E-state index contributed by atoms with van der Waals surface area (Å²) in [7, 11) is -3.66. The minimum Gasteiger partial charge on any atom is -0.481 e. The number of hydrogen-bond acceptors (Lipinski definition) is 7. The molecule has 0 aliphatic rings. The Balaban J connectivity index is 1.63. The fourth-order valence-electron chi connectivity index (χ4n) is 4.50. The van der Waals surface area contributed by atoms with Gasteiger partial charge in [0.1, 0.15) is 11.4 Å². The van der Waals surface area contributed by atoms with Crippen LogP contribution >= 0.6 is 7.60 Å². The van der Waals surface area contributed by atoms with Gasteiger partial charge < -0.3 is 33.8 Å². The van der Waals surface area contributed by atoms with Crippen LogP contribution in [-0.2, 0) is 38.0 Å². The number of ether oxygens (including phenoxy) is 2. The summed E-state index contributed by atoms with van der Waals surface area (Å²) in [6.07, 6.45) is -1.05. The van der Waals surface area contributed by atoms with Gasteiger partial charge in [-0.3, -0.25) is 4.57 Å². The smallest absolute Gasteiger partial charge is 0.410 e. The van der Waals surface area contributed by atoms with E-state index in [1.807, 2.05) is 107 Å². The minimum absolute atomic E-state index is 0.107. The predicted octanol–water partition coefficient (Wildman–Crippen LogP) is 8.11. The molecule has 250 valence electrons. The molecule has 3 aromatic carbocycles. The van der Waals surface area contributed by atoms with Crippen LogP contribution in [0.1, 0.15) is 57.7 Å². The van der Waals surface area contributed by atoms with E-state index < -0.39 is 31.4 Å². The number of carboxylic acid groups (broad SMARTS) is 1. The van der Waals surface area contributed by atoms with Crippen molar-refractivity contribution in [2.75, 3.05) is 19.4 Å². The van der Waals surface area contributed by atoms with E-state index in [-0.39, 0.29) is 25.5 Å². The maximum Gasteiger partial charge on any atom is 0.410 e. The molecular formula is C35H47N2O8P. The molecule has 0 saturated carbocycles. The zero-order chi connectivity index (χ0) is 33.6. The van der Waals surface area contributed by atoms with Gasteiger partial charge in [0.15, 0.2) is 6.35 Å². The molecule has 3 rings (SSSR count). The summed E-state index contributed by atoms with van der Waals surface area (Å²) >= 11 is 0. The van der Waals surface area contributed by atoms with Gasteiger partial charge in [-0.1, -0.05) is 86.6 Å². The van der Waals surface area contributed by atoms with E-state index >= 15 is 0 Å². The summed E-state index contributed by atoms with van der Waals surface area (Å²) in [6.45, 7) is 10.5. The average Bonchev–Trinajstić information content (AvgIpc) is 3.00. The first-order valence-electron chi connectivity index (χ1n) is 15.5. The molecule has 2 amide bonds. The molecule has 1 atom stereocenters. The quantitative estimate of drug-likeness (QED) is 0.140. The number of rotatable bonds is 17. The van der Waals surface area contributed by atoms with E-state index in [0.29, 0.717) is 31.7 Å². The maximum atomic E-state index is 13.7. The molecule has 0 radical (unpaired) electrons. The minimum atomic E-state index is -3.66. The SMILES string of the molecule is CC(C)CN(CC[C@H](Cc1ccc(OCP(=O)(OCc2ccccc2)OCc2ccccc2)cc1)NC(=O)O)C(=O)OC(C)(C)C. The molecule has 0 aliphatic heterocycles. The van der Waals surface area contributed by atoms with Crippen molar-refractivity contribution in [2.45, 2.75) is 72.3 Å². The lowest BCUT2D eigenvalue weighted by atomic mass is 10.0. The number of nitrogens with one attached hydrogen (secondary N) is 1. The number of nitrogens with zero attached hydrogens (tertiary/aromatic N) is 1. The Bertz CT molecular complexity index is 1350. The van der Waals surface area contributed by atoms with Crippen molar-refractivity contribution in [3.05, 3.63) is 102 Å². The highest BCUT2D eigenvalue weighted by Gasteiger charge is 2.27. The van der Waals surface area contributed by atoms with Crippen molar-refractivity contribution in [3.63, 3.8) is 0 Å². The van der Waals surface area contributed by atoms with Gasteiger partial charge in [0, 0.05) is 19.1 Å². The lowest BCUT2D eigenvalue weighted by molar-refractivity contribution is 0.0222. The summed E-state index contributed by atoms with van der Waals surface area (Å²) in [5, 5.41) is 12.0. The monoisotopic (exact) mass is 654 g/mol. The molecule has 3 aromatic rings. The summed E-state index contributed by atoms with van der Waals surface area (Å²) in [6, 6.07) is 25.5. The summed E-state index contributed by atoms with van der Waals surface area (Å²) in [5.41, 5.74) is 1.95. The van der Waals surface area contributed by atoms with Crippen LogP contribution in [0.5, 0.6) is 5.75 Å². The normalized spacial score (nSPS) is 12.4. The second-order valence-corrected chi connectivity index (χ2v) is 14.5. The molecule has 0 aliphatic carbocycles. The summed E-state index contributed by atoms with van der Waals surface area (Å²) in [4.78, 5) is 26.0. The number of hydrogen-bond donors (Lipinski definition) is 2. The highest BCUT2D eigenvalue weighted by molar-refractivity contribution is 7.53. The van der Waals surface area contributed by atoms with Crippen molar-refractivity contribution < 1.29 is 37.8 Å². The van der Waals surface area contributed by atoms with Gasteiger partial charge in [0.2, 0.25) is 0 Å². The predicted molar refractivity (Wildman–Crippen MR) is 178 cm³/mol. The molecule has 46 heavy (non-hydrogen) atoms. The maximum absolute atomic E-state index is 13.7. The van der Waals surface area contributed by atoms with Gasteiger partial charge in [-0.05, 0) is 68.4 Å². The van der Waals surface area contributed by atoms with Gasteiger partial charge in [0.05, 0.1) is 13.2 Å². The fraction of sp³-hybridized carbons (Fsp3) is 0.429. The summed E-state index contributed by atoms with van der Waals surface area (Å²) < 4.78 is 36.7. The summed E-state index contributed by atoms with van der Waals surface area (Å²) in [5.74, 6) is 0.681. The van der Waals surface area contributed by atoms with Gasteiger partial charge in [-0.2, -0.15) is 0 Å². The third kappa shape index (κ3) is 14.1. The van der Waals surface area contributed by atoms with E-state index in [1.54, 1.807) is 17.0 Å². The number of carbonyl (C=O) groups excluding carboxylic acids is 1. The Morgan fingerprint density at radius 1 is 0.848 bits per heavy atom. The third-order valence-corrected chi connectivity index (χ3v) is 8.14. The molecule has 11 heteroatoms. The Hall–Kier alpha value is -3.85. The number of benzene rings is 3. The standard InChI is InChI=1S/C35H47N2O8P/c1-27(2)23-37(34(40)45-35(3,4)5)21-20-31(36-33(38)39)22-28-16-18-32(19-17-28)42-26-46(41,43-24-29-12-8-6-9-13-29)44-25-30-14-10-7-11-15-30/h6-19,27,31,36H,20-26H2,1-5H3,(H,38,39)/t31-/m1/s1. The van der Waals surface area contributed by atoms with Gasteiger partial charge in [-0.15, -0.1) is 0 Å². The van der Waals surface area contributed by atoms with E-state index in [2.05, 4.69) is 5.32 Å². The molecule has 0 unspecified atom stereocenters. The Morgan fingerprint density at radius 3 is 1.87 bits per heavy atom. The first kappa shape index (κ1) is 36.6. The van der Waals surface area contributed by atoms with E-state index in [0.717, 1.165) is 16.7 Å². The number of carbonyl (C=O) groups is 2. The zero-order valence-electron chi connectivity index (χ0n) is 27.4. The molecule has 0 bridgehead atoms. The average molecular weight is 655 g/mol. The lowest BCUT2D eigenvalue weighted by Gasteiger charge is -2.30. The fourth-order valence-corrected chi connectivity index (χ4v) is 5.72. The largest absolute Gasteiger partial charge is 0.481 e. The molecule has 2 N–H and O–H groups in total. The van der Waals surface area contributed by atoms with Gasteiger partial charge in [-0.25, -0.2) is 9.59 Å². The van der Waals surface area contributed by atoms with Crippen LogP contribution in [0, 0.1) is 5.92 Å². The first-order valence-corrected chi connectivity index (χ1v) is 17.2. The molecule has 0 fully saturated rings. The van der Waals surface area contributed by atoms with Crippen molar-refractivity contribution in [1.82, 2.24) is 10.2 Å². The van der Waals surface area contributed by atoms with Gasteiger partial charge in [0.25, 0.3) is 0 Å². The van der Waals surface area contributed by atoms with Gasteiger partial charge >= 0.3 is 19.8 Å². The second kappa shape index (κ2) is 17.7. The molecule has 0 aromatic heterocycles. The van der Waals surface area contributed by atoms with Crippen molar-refractivity contribution in [2.24, 2.45) is 5.92 Å². The van der Waals surface area contributed by atoms with Crippen LogP contribution in [0.3, 0.4) is 0 Å². The molecular weight excluding hydrogens is 607 g/mol. The van der Waals surface area contributed by atoms with E-state index in [1.165, 1.54) is 0 Å².